The maximum atomic E-state index is 11.5. The Kier molecular flexibility index (Phi) is 4.49. The third kappa shape index (κ3) is 2.88. The van der Waals surface area contributed by atoms with Gasteiger partial charge in [-0.15, -0.1) is 0 Å². The molecule has 0 amide bonds. The van der Waals surface area contributed by atoms with E-state index in [1.54, 1.807) is 18.2 Å². The lowest BCUT2D eigenvalue weighted by molar-refractivity contribution is 0.0697. The molecule has 0 bridgehead atoms. The Hall–Kier alpha value is -1.75. The molecule has 110 valence electrons. The summed E-state index contributed by atoms with van der Waals surface area (Å²) in [5.74, 6) is -0.917. The van der Waals surface area contributed by atoms with Crippen LogP contribution in [0.4, 0.5) is 11.4 Å². The molecule has 1 aliphatic heterocycles. The van der Waals surface area contributed by atoms with Crippen LogP contribution in [0.25, 0.3) is 0 Å². The number of likely N-dealkylation sites (N-methyl/N-ethyl adjacent to an activating group) is 1. The van der Waals surface area contributed by atoms with Crippen LogP contribution < -0.4 is 10.6 Å². The number of hydrogen-bond acceptors (Lipinski definition) is 4. The number of hydrogen-bond donors (Lipinski definition) is 2. The van der Waals surface area contributed by atoms with Crippen molar-refractivity contribution in [3.8, 4) is 0 Å². The minimum atomic E-state index is -0.917. The van der Waals surface area contributed by atoms with Gasteiger partial charge >= 0.3 is 5.97 Å². The van der Waals surface area contributed by atoms with Gasteiger partial charge in [0.05, 0.1) is 16.9 Å². The molecular weight excluding hydrogens is 254 g/mol. The first kappa shape index (κ1) is 14.7. The van der Waals surface area contributed by atoms with E-state index < -0.39 is 5.97 Å². The number of carboxylic acids is 1. The Morgan fingerprint density at radius 1 is 1.45 bits per heavy atom. The predicted molar refractivity (Wildman–Crippen MR) is 81.4 cm³/mol. The number of nitrogens with zero attached hydrogens (tertiary/aromatic N) is 2. The summed E-state index contributed by atoms with van der Waals surface area (Å²) in [5.41, 5.74) is 7.60. The quantitative estimate of drug-likeness (QED) is 0.826. The standard InChI is InChI=1S/C15H23N3O2/c1-3-11-10-17(2)8-5-9-18(11)14-12(15(19)20)6-4-7-13(14)16/h4,6-7,11H,3,5,8-10,16H2,1-2H3,(H,19,20). The smallest absolute Gasteiger partial charge is 0.337 e. The second-order valence-electron chi connectivity index (χ2n) is 5.42. The lowest BCUT2D eigenvalue weighted by Crippen LogP contribution is -2.41. The number of carbonyl (C=O) groups is 1. The fourth-order valence-electron chi connectivity index (χ4n) is 2.94. The summed E-state index contributed by atoms with van der Waals surface area (Å²) in [6.45, 7) is 4.94. The molecule has 1 atom stereocenters. The molecule has 1 saturated heterocycles. The Labute approximate surface area is 120 Å². The van der Waals surface area contributed by atoms with Crippen LogP contribution in [0, 0.1) is 0 Å². The molecular formula is C15H23N3O2. The molecule has 1 aliphatic rings. The average Bonchev–Trinajstić information content (AvgIpc) is 2.59. The van der Waals surface area contributed by atoms with Crippen molar-refractivity contribution >= 4 is 17.3 Å². The van der Waals surface area contributed by atoms with Crippen LogP contribution in [0.2, 0.25) is 0 Å². The van der Waals surface area contributed by atoms with E-state index in [0.29, 0.717) is 23.0 Å². The molecule has 0 radical (unpaired) electrons. The number of nitrogens with two attached hydrogens (primary N) is 1. The number of aromatic carboxylic acids is 1. The average molecular weight is 277 g/mol. The van der Waals surface area contributed by atoms with Crippen LogP contribution in [0.3, 0.4) is 0 Å². The number of para-hydroxylation sites is 1. The summed E-state index contributed by atoms with van der Waals surface area (Å²) < 4.78 is 0. The molecule has 1 fully saturated rings. The Bertz CT molecular complexity index is 490. The molecule has 0 aliphatic carbocycles. The van der Waals surface area contributed by atoms with Gasteiger partial charge < -0.3 is 20.6 Å². The first-order valence-corrected chi connectivity index (χ1v) is 7.11. The topological polar surface area (TPSA) is 69.8 Å². The van der Waals surface area contributed by atoms with Gasteiger partial charge in [0, 0.05) is 19.1 Å². The number of rotatable bonds is 3. The lowest BCUT2D eigenvalue weighted by atomic mass is 10.1. The van der Waals surface area contributed by atoms with Gasteiger partial charge in [-0.25, -0.2) is 4.79 Å². The van der Waals surface area contributed by atoms with Crippen molar-refractivity contribution in [2.24, 2.45) is 0 Å². The summed E-state index contributed by atoms with van der Waals surface area (Å²) in [7, 11) is 2.11. The zero-order valence-corrected chi connectivity index (χ0v) is 12.2. The van der Waals surface area contributed by atoms with E-state index in [4.69, 9.17) is 5.73 Å². The third-order valence-corrected chi connectivity index (χ3v) is 3.96. The summed E-state index contributed by atoms with van der Waals surface area (Å²) in [6, 6.07) is 5.41. The summed E-state index contributed by atoms with van der Waals surface area (Å²) >= 11 is 0. The van der Waals surface area contributed by atoms with Crippen molar-refractivity contribution in [2.75, 3.05) is 37.3 Å². The maximum Gasteiger partial charge on any atom is 0.337 e. The van der Waals surface area contributed by atoms with Crippen molar-refractivity contribution in [3.05, 3.63) is 23.8 Å². The third-order valence-electron chi connectivity index (χ3n) is 3.96. The van der Waals surface area contributed by atoms with Crippen LogP contribution in [-0.2, 0) is 0 Å². The van der Waals surface area contributed by atoms with Crippen LogP contribution in [-0.4, -0.2) is 48.7 Å². The highest BCUT2D eigenvalue weighted by molar-refractivity contribution is 5.98. The minimum Gasteiger partial charge on any atom is -0.478 e. The van der Waals surface area contributed by atoms with Gasteiger partial charge in [-0.3, -0.25) is 0 Å². The zero-order chi connectivity index (χ0) is 14.7. The van der Waals surface area contributed by atoms with Crippen molar-refractivity contribution < 1.29 is 9.90 Å². The molecule has 3 N–H and O–H groups in total. The number of carboxylic acid groups (broad SMARTS) is 1. The predicted octanol–water partition coefficient (Wildman–Crippen LogP) is 1.89. The highest BCUT2D eigenvalue weighted by Gasteiger charge is 2.27. The molecule has 0 saturated carbocycles. The van der Waals surface area contributed by atoms with Crippen LogP contribution in [0.5, 0.6) is 0 Å². The Morgan fingerprint density at radius 3 is 2.85 bits per heavy atom. The van der Waals surface area contributed by atoms with E-state index in [0.717, 1.165) is 32.5 Å². The number of nitrogen functional groups attached to an aromatic ring is 1. The Balaban J connectivity index is 2.45. The summed E-state index contributed by atoms with van der Waals surface area (Å²) in [4.78, 5) is 16.0. The van der Waals surface area contributed by atoms with E-state index in [1.165, 1.54) is 0 Å². The zero-order valence-electron chi connectivity index (χ0n) is 12.2. The number of anilines is 2. The first-order chi connectivity index (χ1) is 9.54. The molecule has 2 rings (SSSR count). The molecule has 1 heterocycles. The summed E-state index contributed by atoms with van der Waals surface area (Å²) in [6.07, 6.45) is 1.98. The van der Waals surface area contributed by atoms with Crippen LogP contribution in [0.1, 0.15) is 30.1 Å². The molecule has 0 spiro atoms. The van der Waals surface area contributed by atoms with Crippen molar-refractivity contribution in [2.45, 2.75) is 25.8 Å². The van der Waals surface area contributed by atoms with Crippen molar-refractivity contribution in [1.82, 2.24) is 4.90 Å². The monoisotopic (exact) mass is 277 g/mol. The van der Waals surface area contributed by atoms with E-state index in [1.807, 2.05) is 0 Å². The van der Waals surface area contributed by atoms with E-state index in [2.05, 4.69) is 23.8 Å². The van der Waals surface area contributed by atoms with E-state index in [-0.39, 0.29) is 0 Å². The molecule has 0 aromatic heterocycles. The van der Waals surface area contributed by atoms with Gasteiger partial charge in [-0.1, -0.05) is 13.0 Å². The SMILES string of the molecule is CCC1CN(C)CCCN1c1c(N)cccc1C(=O)O. The van der Waals surface area contributed by atoms with Crippen LogP contribution in [0.15, 0.2) is 18.2 Å². The molecule has 5 heteroatoms. The fraction of sp³-hybridized carbons (Fsp3) is 0.533. The van der Waals surface area contributed by atoms with Gasteiger partial charge in [0.2, 0.25) is 0 Å². The Morgan fingerprint density at radius 2 is 2.20 bits per heavy atom. The molecule has 1 aromatic carbocycles. The van der Waals surface area contributed by atoms with E-state index >= 15 is 0 Å². The van der Waals surface area contributed by atoms with Gasteiger partial charge in [0.15, 0.2) is 0 Å². The lowest BCUT2D eigenvalue weighted by Gasteiger charge is -2.34. The normalized spacial score (nSPS) is 20.7. The van der Waals surface area contributed by atoms with Gasteiger partial charge in [-0.2, -0.15) is 0 Å². The molecule has 1 aromatic rings. The van der Waals surface area contributed by atoms with Crippen LogP contribution >= 0.6 is 0 Å². The minimum absolute atomic E-state index is 0.297. The second-order valence-corrected chi connectivity index (χ2v) is 5.42. The maximum absolute atomic E-state index is 11.5. The van der Waals surface area contributed by atoms with Gasteiger partial charge in [0.1, 0.15) is 0 Å². The molecule has 5 nitrogen and oxygen atoms in total. The number of benzene rings is 1. The highest BCUT2D eigenvalue weighted by Crippen LogP contribution is 2.31. The summed E-state index contributed by atoms with van der Waals surface area (Å²) in [5, 5.41) is 9.41. The second kappa shape index (κ2) is 6.13. The van der Waals surface area contributed by atoms with Gasteiger partial charge in [0.25, 0.3) is 0 Å². The molecule has 20 heavy (non-hydrogen) atoms. The molecule has 1 unspecified atom stereocenters. The van der Waals surface area contributed by atoms with Crippen molar-refractivity contribution in [1.29, 1.82) is 0 Å². The van der Waals surface area contributed by atoms with Crippen molar-refractivity contribution in [3.63, 3.8) is 0 Å². The largest absolute Gasteiger partial charge is 0.478 e. The van der Waals surface area contributed by atoms with E-state index in [9.17, 15) is 9.90 Å². The van der Waals surface area contributed by atoms with Gasteiger partial charge in [-0.05, 0) is 38.6 Å². The highest BCUT2D eigenvalue weighted by atomic mass is 16.4. The first-order valence-electron chi connectivity index (χ1n) is 7.11. The fourth-order valence-corrected chi connectivity index (χ4v) is 2.94.